The van der Waals surface area contributed by atoms with Gasteiger partial charge >= 0.3 is 0 Å². The number of benzene rings is 1. The Balaban J connectivity index is 1.93. The van der Waals surface area contributed by atoms with Crippen molar-refractivity contribution < 1.29 is 4.74 Å². The predicted octanol–water partition coefficient (Wildman–Crippen LogP) is 3.32. The monoisotopic (exact) mass is 245 g/mol. The van der Waals surface area contributed by atoms with E-state index in [1.807, 2.05) is 0 Å². The summed E-state index contributed by atoms with van der Waals surface area (Å²) in [5.41, 5.74) is 2.76. The largest absolute Gasteiger partial charge is 0.493 e. The van der Waals surface area contributed by atoms with Gasteiger partial charge in [0.05, 0.1) is 6.61 Å². The second-order valence-electron chi connectivity index (χ2n) is 5.75. The average molecular weight is 245 g/mol. The molecule has 2 unspecified atom stereocenters. The van der Waals surface area contributed by atoms with Gasteiger partial charge in [-0.25, -0.2) is 0 Å². The van der Waals surface area contributed by atoms with Crippen LogP contribution in [-0.2, 0) is 6.42 Å². The SMILES string of the molecule is CNC(c1cccc2c1OCCC2)C(C)C1CC1. The van der Waals surface area contributed by atoms with Crippen molar-refractivity contribution in [3.63, 3.8) is 0 Å². The summed E-state index contributed by atoms with van der Waals surface area (Å²) < 4.78 is 5.95. The second kappa shape index (κ2) is 4.93. The number of rotatable bonds is 4. The molecule has 0 aromatic heterocycles. The number of ether oxygens (including phenoxy) is 1. The summed E-state index contributed by atoms with van der Waals surface area (Å²) >= 11 is 0. The number of hydrogen-bond donors (Lipinski definition) is 1. The van der Waals surface area contributed by atoms with Gasteiger partial charge in [0, 0.05) is 11.6 Å². The lowest BCUT2D eigenvalue weighted by molar-refractivity contribution is 0.274. The Hall–Kier alpha value is -1.02. The summed E-state index contributed by atoms with van der Waals surface area (Å²) in [7, 11) is 2.08. The van der Waals surface area contributed by atoms with Crippen molar-refractivity contribution in [2.45, 2.75) is 38.6 Å². The number of nitrogens with one attached hydrogen (secondary N) is 1. The number of hydrogen-bond acceptors (Lipinski definition) is 2. The van der Waals surface area contributed by atoms with Crippen molar-refractivity contribution in [1.82, 2.24) is 5.32 Å². The molecule has 0 amide bonds. The highest BCUT2D eigenvalue weighted by Crippen LogP contribution is 2.45. The van der Waals surface area contributed by atoms with Gasteiger partial charge in [0.2, 0.25) is 0 Å². The predicted molar refractivity (Wildman–Crippen MR) is 73.9 cm³/mol. The lowest BCUT2D eigenvalue weighted by Crippen LogP contribution is -2.26. The van der Waals surface area contributed by atoms with Crippen molar-refractivity contribution in [3.8, 4) is 5.75 Å². The van der Waals surface area contributed by atoms with Crippen molar-refractivity contribution in [3.05, 3.63) is 29.3 Å². The van der Waals surface area contributed by atoms with Crippen molar-refractivity contribution >= 4 is 0 Å². The quantitative estimate of drug-likeness (QED) is 0.878. The summed E-state index contributed by atoms with van der Waals surface area (Å²) in [5, 5.41) is 3.51. The maximum absolute atomic E-state index is 5.95. The van der Waals surface area contributed by atoms with Crippen LogP contribution in [0, 0.1) is 11.8 Å². The molecule has 0 spiro atoms. The summed E-state index contributed by atoms with van der Waals surface area (Å²) in [6, 6.07) is 7.08. The van der Waals surface area contributed by atoms with Gasteiger partial charge in [-0.3, -0.25) is 0 Å². The van der Waals surface area contributed by atoms with Crippen LogP contribution < -0.4 is 10.1 Å². The first-order valence-electron chi connectivity index (χ1n) is 7.23. The van der Waals surface area contributed by atoms with Gasteiger partial charge in [0.25, 0.3) is 0 Å². The van der Waals surface area contributed by atoms with Crippen LogP contribution in [0.5, 0.6) is 5.75 Å². The summed E-state index contributed by atoms with van der Waals surface area (Å²) in [4.78, 5) is 0. The molecule has 1 aliphatic heterocycles. The number of para-hydroxylation sites is 1. The molecule has 2 nitrogen and oxygen atoms in total. The molecule has 2 aliphatic rings. The van der Waals surface area contributed by atoms with Gasteiger partial charge < -0.3 is 10.1 Å². The normalized spacial score (nSPS) is 21.9. The van der Waals surface area contributed by atoms with Gasteiger partial charge in [-0.15, -0.1) is 0 Å². The van der Waals surface area contributed by atoms with E-state index in [0.29, 0.717) is 12.0 Å². The van der Waals surface area contributed by atoms with Crippen LogP contribution >= 0.6 is 0 Å². The maximum Gasteiger partial charge on any atom is 0.127 e. The molecular weight excluding hydrogens is 222 g/mol. The van der Waals surface area contributed by atoms with Gasteiger partial charge in [0.15, 0.2) is 0 Å². The molecule has 3 rings (SSSR count). The Kier molecular flexibility index (Phi) is 3.29. The molecule has 1 fully saturated rings. The second-order valence-corrected chi connectivity index (χ2v) is 5.75. The fourth-order valence-electron chi connectivity index (χ4n) is 3.26. The third-order valence-corrected chi connectivity index (χ3v) is 4.50. The molecule has 2 heteroatoms. The van der Waals surface area contributed by atoms with E-state index in [1.54, 1.807) is 0 Å². The minimum Gasteiger partial charge on any atom is -0.493 e. The number of aryl methyl sites for hydroxylation is 1. The van der Waals surface area contributed by atoms with E-state index in [4.69, 9.17) is 4.74 Å². The molecule has 1 aromatic rings. The molecular formula is C16H23NO. The lowest BCUT2D eigenvalue weighted by atomic mass is 9.88. The van der Waals surface area contributed by atoms with Crippen molar-refractivity contribution in [2.24, 2.45) is 11.8 Å². The zero-order valence-corrected chi connectivity index (χ0v) is 11.4. The van der Waals surface area contributed by atoms with E-state index in [2.05, 4.69) is 37.5 Å². The van der Waals surface area contributed by atoms with E-state index < -0.39 is 0 Å². The van der Waals surface area contributed by atoms with Crippen LogP contribution in [0.2, 0.25) is 0 Å². The van der Waals surface area contributed by atoms with Crippen LogP contribution in [0.4, 0.5) is 0 Å². The molecule has 98 valence electrons. The van der Waals surface area contributed by atoms with Crippen molar-refractivity contribution in [2.75, 3.05) is 13.7 Å². The van der Waals surface area contributed by atoms with Crippen LogP contribution in [-0.4, -0.2) is 13.7 Å². The van der Waals surface area contributed by atoms with Gasteiger partial charge in [-0.1, -0.05) is 25.1 Å². The fraction of sp³-hybridized carbons (Fsp3) is 0.625. The summed E-state index contributed by atoms with van der Waals surface area (Å²) in [6.45, 7) is 3.25. The minimum atomic E-state index is 0.436. The minimum absolute atomic E-state index is 0.436. The molecule has 1 N–H and O–H groups in total. The maximum atomic E-state index is 5.95. The first-order chi connectivity index (χ1) is 8.81. The van der Waals surface area contributed by atoms with Crippen LogP contribution in [0.1, 0.15) is 43.4 Å². The highest BCUT2D eigenvalue weighted by Gasteiger charge is 2.35. The molecule has 0 saturated heterocycles. The molecule has 1 aliphatic carbocycles. The molecule has 1 saturated carbocycles. The topological polar surface area (TPSA) is 21.3 Å². The molecule has 0 radical (unpaired) electrons. The molecule has 1 heterocycles. The van der Waals surface area contributed by atoms with Gasteiger partial charge in [-0.05, 0) is 50.1 Å². The van der Waals surface area contributed by atoms with Gasteiger partial charge in [0.1, 0.15) is 5.75 Å². The smallest absolute Gasteiger partial charge is 0.127 e. The van der Waals surface area contributed by atoms with E-state index in [0.717, 1.165) is 31.1 Å². The molecule has 2 atom stereocenters. The van der Waals surface area contributed by atoms with Gasteiger partial charge in [-0.2, -0.15) is 0 Å². The first kappa shape index (κ1) is 12.0. The summed E-state index contributed by atoms with van der Waals surface area (Å²) in [5.74, 6) is 2.77. The lowest BCUT2D eigenvalue weighted by Gasteiger charge is -2.28. The third kappa shape index (κ3) is 2.14. The Bertz CT molecular complexity index is 425. The molecule has 18 heavy (non-hydrogen) atoms. The van der Waals surface area contributed by atoms with E-state index >= 15 is 0 Å². The zero-order valence-electron chi connectivity index (χ0n) is 11.4. The van der Waals surface area contributed by atoms with E-state index in [-0.39, 0.29) is 0 Å². The molecule has 0 bridgehead atoms. The fourth-order valence-corrected chi connectivity index (χ4v) is 3.26. The molecule has 1 aromatic carbocycles. The summed E-state index contributed by atoms with van der Waals surface area (Å²) in [6.07, 6.45) is 5.11. The Morgan fingerprint density at radius 1 is 1.33 bits per heavy atom. The van der Waals surface area contributed by atoms with E-state index in [1.165, 1.54) is 24.0 Å². The average Bonchev–Trinajstić information content (AvgIpc) is 3.24. The Morgan fingerprint density at radius 2 is 2.17 bits per heavy atom. The Morgan fingerprint density at radius 3 is 2.89 bits per heavy atom. The number of fused-ring (bicyclic) bond motifs is 1. The first-order valence-corrected chi connectivity index (χ1v) is 7.23. The zero-order chi connectivity index (χ0) is 12.5. The Labute approximate surface area is 110 Å². The van der Waals surface area contributed by atoms with Crippen LogP contribution in [0.25, 0.3) is 0 Å². The van der Waals surface area contributed by atoms with Crippen molar-refractivity contribution in [1.29, 1.82) is 0 Å². The van der Waals surface area contributed by atoms with Crippen LogP contribution in [0.15, 0.2) is 18.2 Å². The third-order valence-electron chi connectivity index (χ3n) is 4.50. The highest BCUT2D eigenvalue weighted by atomic mass is 16.5. The van der Waals surface area contributed by atoms with Crippen LogP contribution in [0.3, 0.4) is 0 Å². The standard InChI is InChI=1S/C16H23NO/c1-11(12-8-9-12)15(17-2)14-7-3-5-13-6-4-10-18-16(13)14/h3,5,7,11-12,15,17H,4,6,8-10H2,1-2H3. The highest BCUT2D eigenvalue weighted by molar-refractivity contribution is 5.44. The van der Waals surface area contributed by atoms with E-state index in [9.17, 15) is 0 Å².